The zero-order valence-electron chi connectivity index (χ0n) is 12.0. The highest BCUT2D eigenvalue weighted by atomic mass is 16.2. The third-order valence-electron chi connectivity index (χ3n) is 3.76. The molecule has 1 saturated heterocycles. The van der Waals surface area contributed by atoms with Gasteiger partial charge >= 0.3 is 6.03 Å². The van der Waals surface area contributed by atoms with Crippen LogP contribution in [0.5, 0.6) is 0 Å². The fourth-order valence-electron chi connectivity index (χ4n) is 2.65. The van der Waals surface area contributed by atoms with Crippen LogP contribution in [-0.4, -0.2) is 43.2 Å². The monoisotopic (exact) mass is 261 g/mol. The van der Waals surface area contributed by atoms with Crippen LogP contribution in [0, 0.1) is 0 Å². The molecule has 0 aliphatic carbocycles. The van der Waals surface area contributed by atoms with E-state index in [1.165, 1.54) is 0 Å². The molecule has 1 aliphatic rings. The van der Waals surface area contributed by atoms with Gasteiger partial charge in [0.05, 0.1) is 6.04 Å². The van der Waals surface area contributed by atoms with Crippen LogP contribution in [0.1, 0.15) is 20.3 Å². The number of nitrogens with zero attached hydrogens (tertiary/aromatic N) is 2. The Labute approximate surface area is 115 Å². The van der Waals surface area contributed by atoms with E-state index in [0.717, 1.165) is 25.2 Å². The lowest BCUT2D eigenvalue weighted by molar-refractivity contribution is 0.243. The van der Waals surface area contributed by atoms with Gasteiger partial charge in [-0.3, -0.25) is 9.80 Å². The van der Waals surface area contributed by atoms with Gasteiger partial charge in [-0.05, 0) is 32.4 Å². The van der Waals surface area contributed by atoms with E-state index in [1.54, 1.807) is 7.05 Å². The second kappa shape index (κ2) is 6.06. The lowest BCUT2D eigenvalue weighted by Crippen LogP contribution is -2.47. The van der Waals surface area contributed by atoms with Crippen LogP contribution in [0.2, 0.25) is 0 Å². The third-order valence-corrected chi connectivity index (χ3v) is 3.76. The van der Waals surface area contributed by atoms with Crippen molar-refractivity contribution in [2.75, 3.05) is 25.0 Å². The first-order valence-corrected chi connectivity index (χ1v) is 6.93. The lowest BCUT2D eigenvalue weighted by atomic mass is 10.2. The summed E-state index contributed by atoms with van der Waals surface area (Å²) in [5, 5.41) is 2.75. The Kier molecular flexibility index (Phi) is 4.43. The first-order chi connectivity index (χ1) is 9.13. The number of nitrogens with one attached hydrogen (secondary N) is 1. The lowest BCUT2D eigenvalue weighted by Gasteiger charge is -2.29. The maximum Gasteiger partial charge on any atom is 0.321 e. The number of urea groups is 1. The van der Waals surface area contributed by atoms with Crippen LogP contribution in [0.3, 0.4) is 0 Å². The van der Waals surface area contributed by atoms with Crippen molar-refractivity contribution in [3.63, 3.8) is 0 Å². The first kappa shape index (κ1) is 13.9. The normalized spacial score (nSPS) is 19.7. The minimum Gasteiger partial charge on any atom is -0.341 e. The molecule has 0 bridgehead atoms. The van der Waals surface area contributed by atoms with E-state index in [9.17, 15) is 4.79 Å². The van der Waals surface area contributed by atoms with Gasteiger partial charge in [0, 0.05) is 31.9 Å². The molecule has 0 spiro atoms. The Morgan fingerprint density at radius 2 is 2.05 bits per heavy atom. The first-order valence-electron chi connectivity index (χ1n) is 6.93. The molecular weight excluding hydrogens is 238 g/mol. The standard InChI is InChI=1S/C15H23N3O/c1-12(2)17-10-9-14(11-17)18(15(19)16-3)13-7-5-4-6-8-13/h4-8,12,14H,9-11H2,1-3H3,(H,16,19)/t14-/m0/s1. The summed E-state index contributed by atoms with van der Waals surface area (Å²) in [7, 11) is 1.69. The van der Waals surface area contributed by atoms with E-state index < -0.39 is 0 Å². The molecule has 19 heavy (non-hydrogen) atoms. The number of hydrogen-bond acceptors (Lipinski definition) is 2. The minimum atomic E-state index is -0.0261. The predicted octanol–water partition coefficient (Wildman–Crippen LogP) is 2.32. The van der Waals surface area contributed by atoms with Gasteiger partial charge in [0.2, 0.25) is 0 Å². The number of likely N-dealkylation sites (tertiary alicyclic amines) is 1. The molecular formula is C15H23N3O. The molecule has 1 aromatic carbocycles. The summed E-state index contributed by atoms with van der Waals surface area (Å²) in [5.74, 6) is 0. The van der Waals surface area contributed by atoms with E-state index >= 15 is 0 Å². The fourth-order valence-corrected chi connectivity index (χ4v) is 2.65. The summed E-state index contributed by atoms with van der Waals surface area (Å²) in [6.45, 7) is 6.41. The number of benzene rings is 1. The van der Waals surface area contributed by atoms with Crippen molar-refractivity contribution in [2.24, 2.45) is 0 Å². The van der Waals surface area contributed by atoms with Gasteiger partial charge in [-0.2, -0.15) is 0 Å². The average molecular weight is 261 g/mol. The summed E-state index contributed by atoms with van der Waals surface area (Å²) in [5.41, 5.74) is 0.970. The topological polar surface area (TPSA) is 35.6 Å². The van der Waals surface area contributed by atoms with Crippen molar-refractivity contribution in [1.82, 2.24) is 10.2 Å². The molecule has 104 valence electrons. The molecule has 0 unspecified atom stereocenters. The van der Waals surface area contributed by atoms with Crippen molar-refractivity contribution in [1.29, 1.82) is 0 Å². The van der Waals surface area contributed by atoms with Gasteiger partial charge in [0.1, 0.15) is 0 Å². The van der Waals surface area contributed by atoms with E-state index in [2.05, 4.69) is 24.1 Å². The summed E-state index contributed by atoms with van der Waals surface area (Å²) in [6.07, 6.45) is 1.03. The van der Waals surface area contributed by atoms with E-state index in [0.29, 0.717) is 6.04 Å². The molecule has 0 aromatic heterocycles. The van der Waals surface area contributed by atoms with E-state index in [1.807, 2.05) is 35.2 Å². The largest absolute Gasteiger partial charge is 0.341 e. The molecule has 1 fully saturated rings. The third kappa shape index (κ3) is 3.07. The van der Waals surface area contributed by atoms with Crippen LogP contribution in [0.4, 0.5) is 10.5 Å². The number of amides is 2. The maximum atomic E-state index is 12.2. The molecule has 1 atom stereocenters. The van der Waals surface area contributed by atoms with Crippen LogP contribution in [0.25, 0.3) is 0 Å². The summed E-state index contributed by atoms with van der Waals surface area (Å²) in [6, 6.07) is 10.7. The Balaban J connectivity index is 2.18. The molecule has 0 saturated carbocycles. The molecule has 0 radical (unpaired) electrons. The van der Waals surface area contributed by atoms with Crippen molar-refractivity contribution in [3.05, 3.63) is 30.3 Å². The van der Waals surface area contributed by atoms with Crippen molar-refractivity contribution in [2.45, 2.75) is 32.4 Å². The Morgan fingerprint density at radius 1 is 1.37 bits per heavy atom. The van der Waals surface area contributed by atoms with Gasteiger partial charge in [0.15, 0.2) is 0 Å². The SMILES string of the molecule is CNC(=O)N(c1ccccc1)[C@H]1CCN(C(C)C)C1. The zero-order chi connectivity index (χ0) is 13.8. The number of anilines is 1. The molecule has 4 heteroatoms. The molecule has 1 aliphatic heterocycles. The van der Waals surface area contributed by atoms with Gasteiger partial charge < -0.3 is 5.32 Å². The van der Waals surface area contributed by atoms with Crippen LogP contribution in [-0.2, 0) is 0 Å². The Hall–Kier alpha value is -1.55. The average Bonchev–Trinajstić information content (AvgIpc) is 2.89. The van der Waals surface area contributed by atoms with Gasteiger partial charge in [-0.1, -0.05) is 18.2 Å². The highest BCUT2D eigenvalue weighted by Gasteiger charge is 2.32. The number of para-hydroxylation sites is 1. The molecule has 1 aromatic rings. The van der Waals surface area contributed by atoms with Crippen LogP contribution >= 0.6 is 0 Å². The number of carbonyl (C=O) groups is 1. The molecule has 2 rings (SSSR count). The highest BCUT2D eigenvalue weighted by Crippen LogP contribution is 2.24. The quantitative estimate of drug-likeness (QED) is 0.906. The molecule has 4 nitrogen and oxygen atoms in total. The maximum absolute atomic E-state index is 12.2. The summed E-state index contributed by atoms with van der Waals surface area (Å²) in [4.78, 5) is 16.5. The smallest absolute Gasteiger partial charge is 0.321 e. The van der Waals surface area contributed by atoms with E-state index in [4.69, 9.17) is 0 Å². The van der Waals surface area contributed by atoms with Crippen LogP contribution in [0.15, 0.2) is 30.3 Å². The number of rotatable bonds is 3. The molecule has 1 N–H and O–H groups in total. The second-order valence-corrected chi connectivity index (χ2v) is 5.29. The predicted molar refractivity (Wildman–Crippen MR) is 78.5 cm³/mol. The second-order valence-electron chi connectivity index (χ2n) is 5.29. The van der Waals surface area contributed by atoms with E-state index in [-0.39, 0.29) is 12.1 Å². The summed E-state index contributed by atoms with van der Waals surface area (Å²) < 4.78 is 0. The van der Waals surface area contributed by atoms with Gasteiger partial charge in [-0.15, -0.1) is 0 Å². The van der Waals surface area contributed by atoms with Gasteiger partial charge in [0.25, 0.3) is 0 Å². The minimum absolute atomic E-state index is 0.0261. The highest BCUT2D eigenvalue weighted by molar-refractivity contribution is 5.92. The molecule has 2 amide bonds. The summed E-state index contributed by atoms with van der Waals surface area (Å²) >= 11 is 0. The Morgan fingerprint density at radius 3 is 2.58 bits per heavy atom. The van der Waals surface area contributed by atoms with Gasteiger partial charge in [-0.25, -0.2) is 4.79 Å². The van der Waals surface area contributed by atoms with Crippen LogP contribution < -0.4 is 10.2 Å². The zero-order valence-corrected chi connectivity index (χ0v) is 12.0. The van der Waals surface area contributed by atoms with Crippen molar-refractivity contribution in [3.8, 4) is 0 Å². The van der Waals surface area contributed by atoms with Crippen molar-refractivity contribution >= 4 is 11.7 Å². The molecule has 1 heterocycles. The number of hydrogen-bond donors (Lipinski definition) is 1. The van der Waals surface area contributed by atoms with Crippen molar-refractivity contribution < 1.29 is 4.79 Å². The number of carbonyl (C=O) groups excluding carboxylic acids is 1. The Bertz CT molecular complexity index is 419. The fraction of sp³-hybridized carbons (Fsp3) is 0.533.